The molecular formula is C13H18N2O2. The maximum absolute atomic E-state index is 12.0. The zero-order valence-corrected chi connectivity index (χ0v) is 10.2. The van der Waals surface area contributed by atoms with Crippen LogP contribution in [-0.2, 0) is 4.79 Å². The van der Waals surface area contributed by atoms with Crippen molar-refractivity contribution < 1.29 is 9.90 Å². The quantitative estimate of drug-likeness (QED) is 0.694. The Labute approximate surface area is 101 Å². The molecule has 0 saturated carbocycles. The Morgan fingerprint density at radius 2 is 2.24 bits per heavy atom. The van der Waals surface area contributed by atoms with Crippen molar-refractivity contribution in [3.8, 4) is 5.75 Å². The fraction of sp³-hybridized carbons (Fsp3) is 0.462. The van der Waals surface area contributed by atoms with E-state index in [9.17, 15) is 9.90 Å². The Balaban J connectivity index is 2.02. The molecule has 4 heteroatoms. The van der Waals surface area contributed by atoms with Crippen LogP contribution in [0.25, 0.3) is 0 Å². The number of phenols is 1. The maximum Gasteiger partial charge on any atom is 0.227 e. The molecule has 1 aliphatic heterocycles. The largest absolute Gasteiger partial charge is 0.508 e. The lowest BCUT2D eigenvalue weighted by atomic mass is 9.88. The summed E-state index contributed by atoms with van der Waals surface area (Å²) in [6.07, 6.45) is 0. The molecule has 1 aliphatic rings. The van der Waals surface area contributed by atoms with Crippen LogP contribution in [0.4, 0.5) is 5.69 Å². The van der Waals surface area contributed by atoms with Crippen molar-refractivity contribution in [1.29, 1.82) is 0 Å². The van der Waals surface area contributed by atoms with E-state index in [4.69, 9.17) is 0 Å². The summed E-state index contributed by atoms with van der Waals surface area (Å²) < 4.78 is 0. The summed E-state index contributed by atoms with van der Waals surface area (Å²) >= 11 is 0. The normalized spacial score (nSPS) is 17.3. The van der Waals surface area contributed by atoms with Crippen molar-refractivity contribution in [2.75, 3.05) is 18.4 Å². The minimum Gasteiger partial charge on any atom is -0.508 e. The third-order valence-electron chi connectivity index (χ3n) is 3.40. The molecule has 1 atom stereocenters. The van der Waals surface area contributed by atoms with Gasteiger partial charge in [-0.25, -0.2) is 0 Å². The van der Waals surface area contributed by atoms with Crippen LogP contribution in [-0.4, -0.2) is 24.1 Å². The van der Waals surface area contributed by atoms with Gasteiger partial charge in [0.15, 0.2) is 0 Å². The lowest BCUT2D eigenvalue weighted by Gasteiger charge is -2.31. The molecular weight excluding hydrogens is 216 g/mol. The molecule has 0 spiro atoms. The minimum absolute atomic E-state index is 0.0180. The number of aryl methyl sites for hydroxylation is 1. The first-order chi connectivity index (χ1) is 8.08. The fourth-order valence-corrected chi connectivity index (χ4v) is 1.91. The van der Waals surface area contributed by atoms with E-state index in [2.05, 4.69) is 10.6 Å². The summed E-state index contributed by atoms with van der Waals surface area (Å²) in [4.78, 5) is 12.0. The van der Waals surface area contributed by atoms with E-state index in [1.54, 1.807) is 18.2 Å². The average Bonchev–Trinajstić information content (AvgIpc) is 2.19. The summed E-state index contributed by atoms with van der Waals surface area (Å²) in [5.41, 5.74) is 1.64. The van der Waals surface area contributed by atoms with E-state index in [1.165, 1.54) is 0 Å². The van der Waals surface area contributed by atoms with Crippen LogP contribution < -0.4 is 10.6 Å². The molecule has 1 unspecified atom stereocenters. The van der Waals surface area contributed by atoms with Crippen LogP contribution in [0.15, 0.2) is 18.2 Å². The third kappa shape index (κ3) is 2.58. The van der Waals surface area contributed by atoms with Gasteiger partial charge in [0, 0.05) is 11.6 Å². The van der Waals surface area contributed by atoms with Crippen molar-refractivity contribution >= 4 is 11.6 Å². The van der Waals surface area contributed by atoms with Gasteiger partial charge in [0.25, 0.3) is 0 Å². The number of carbonyl (C=O) groups is 1. The van der Waals surface area contributed by atoms with Gasteiger partial charge >= 0.3 is 0 Å². The monoisotopic (exact) mass is 234 g/mol. The van der Waals surface area contributed by atoms with Crippen LogP contribution in [0.2, 0.25) is 0 Å². The average molecular weight is 234 g/mol. The summed E-state index contributed by atoms with van der Waals surface area (Å²) in [6, 6.07) is 4.96. The number of carbonyl (C=O) groups excluding carboxylic acids is 1. The second-order valence-corrected chi connectivity index (χ2v) is 4.70. The van der Waals surface area contributed by atoms with Gasteiger partial charge in [-0.2, -0.15) is 0 Å². The predicted octanol–water partition coefficient (Wildman–Crippen LogP) is 1.49. The van der Waals surface area contributed by atoms with E-state index >= 15 is 0 Å². The van der Waals surface area contributed by atoms with Gasteiger partial charge in [0.05, 0.1) is 0 Å². The summed E-state index contributed by atoms with van der Waals surface area (Å²) in [7, 11) is 0. The maximum atomic E-state index is 12.0. The standard InChI is InChI=1S/C13H18N2O2/c1-8-5-11(16)3-4-12(8)15-13(17)9(2)10-6-14-7-10/h3-5,9-10,14,16H,6-7H2,1-2H3,(H,15,17). The predicted molar refractivity (Wildman–Crippen MR) is 67.0 cm³/mol. The minimum atomic E-state index is 0.0180. The first kappa shape index (κ1) is 11.9. The molecule has 0 aromatic heterocycles. The number of nitrogens with one attached hydrogen (secondary N) is 2. The lowest BCUT2D eigenvalue weighted by molar-refractivity contribution is -0.121. The number of phenolic OH excluding ortho intramolecular Hbond substituents is 1. The van der Waals surface area contributed by atoms with Gasteiger partial charge in [-0.3, -0.25) is 4.79 Å². The highest BCUT2D eigenvalue weighted by Gasteiger charge is 2.28. The van der Waals surface area contributed by atoms with Gasteiger partial charge in [0.1, 0.15) is 5.75 Å². The third-order valence-corrected chi connectivity index (χ3v) is 3.40. The summed E-state index contributed by atoms with van der Waals surface area (Å²) in [5, 5.41) is 15.4. The van der Waals surface area contributed by atoms with Crippen LogP contribution in [0.1, 0.15) is 12.5 Å². The molecule has 2 rings (SSSR count). The molecule has 0 aliphatic carbocycles. The molecule has 4 nitrogen and oxygen atoms in total. The Morgan fingerprint density at radius 1 is 1.53 bits per heavy atom. The highest BCUT2D eigenvalue weighted by molar-refractivity contribution is 5.93. The smallest absolute Gasteiger partial charge is 0.227 e. The van der Waals surface area contributed by atoms with Crippen molar-refractivity contribution in [3.05, 3.63) is 23.8 Å². The number of anilines is 1. The van der Waals surface area contributed by atoms with E-state index in [0.717, 1.165) is 24.3 Å². The topological polar surface area (TPSA) is 61.4 Å². The lowest BCUT2D eigenvalue weighted by Crippen LogP contribution is -2.48. The van der Waals surface area contributed by atoms with Crippen LogP contribution in [0, 0.1) is 18.8 Å². The van der Waals surface area contributed by atoms with Crippen LogP contribution >= 0.6 is 0 Å². The summed E-state index contributed by atoms with van der Waals surface area (Å²) in [5.74, 6) is 0.721. The molecule has 1 fully saturated rings. The van der Waals surface area contributed by atoms with Gasteiger partial charge in [0.2, 0.25) is 5.91 Å². The van der Waals surface area contributed by atoms with Crippen LogP contribution in [0.5, 0.6) is 5.75 Å². The first-order valence-corrected chi connectivity index (χ1v) is 5.89. The van der Waals surface area contributed by atoms with Crippen molar-refractivity contribution in [3.63, 3.8) is 0 Å². The van der Waals surface area contributed by atoms with Gasteiger partial charge in [-0.05, 0) is 49.7 Å². The number of hydrogen-bond donors (Lipinski definition) is 3. The molecule has 1 amide bonds. The Hall–Kier alpha value is -1.55. The molecule has 3 N–H and O–H groups in total. The van der Waals surface area contributed by atoms with E-state index in [-0.39, 0.29) is 17.6 Å². The molecule has 0 radical (unpaired) electrons. The molecule has 1 saturated heterocycles. The SMILES string of the molecule is Cc1cc(O)ccc1NC(=O)C(C)C1CNC1. The zero-order valence-electron chi connectivity index (χ0n) is 10.2. The van der Waals surface area contributed by atoms with Gasteiger partial charge in [-0.15, -0.1) is 0 Å². The van der Waals surface area contributed by atoms with E-state index in [0.29, 0.717) is 5.92 Å². The highest BCUT2D eigenvalue weighted by Crippen LogP contribution is 2.22. The van der Waals surface area contributed by atoms with Crippen molar-refractivity contribution in [2.24, 2.45) is 11.8 Å². The number of hydrogen-bond acceptors (Lipinski definition) is 3. The number of rotatable bonds is 3. The fourth-order valence-electron chi connectivity index (χ4n) is 1.91. The Bertz CT molecular complexity index is 427. The van der Waals surface area contributed by atoms with Gasteiger partial charge < -0.3 is 15.7 Å². The summed E-state index contributed by atoms with van der Waals surface area (Å²) in [6.45, 7) is 5.66. The molecule has 17 heavy (non-hydrogen) atoms. The molecule has 1 aromatic carbocycles. The second kappa shape index (κ2) is 4.75. The molecule has 92 valence electrons. The first-order valence-electron chi connectivity index (χ1n) is 5.89. The Morgan fingerprint density at radius 3 is 2.76 bits per heavy atom. The molecule has 1 aromatic rings. The van der Waals surface area contributed by atoms with Crippen LogP contribution in [0.3, 0.4) is 0 Å². The zero-order chi connectivity index (χ0) is 12.4. The van der Waals surface area contributed by atoms with E-state index in [1.807, 2.05) is 13.8 Å². The highest BCUT2D eigenvalue weighted by atomic mass is 16.3. The van der Waals surface area contributed by atoms with E-state index < -0.39 is 0 Å². The number of amides is 1. The number of aromatic hydroxyl groups is 1. The van der Waals surface area contributed by atoms with Gasteiger partial charge in [-0.1, -0.05) is 6.92 Å². The van der Waals surface area contributed by atoms with Crippen molar-refractivity contribution in [1.82, 2.24) is 5.32 Å². The number of benzene rings is 1. The van der Waals surface area contributed by atoms with Crippen molar-refractivity contribution in [2.45, 2.75) is 13.8 Å². The second-order valence-electron chi connectivity index (χ2n) is 4.70. The Kier molecular flexibility index (Phi) is 3.33. The molecule has 1 heterocycles. The molecule has 0 bridgehead atoms.